The van der Waals surface area contributed by atoms with Crippen molar-refractivity contribution in [2.24, 2.45) is 0 Å². The summed E-state index contributed by atoms with van der Waals surface area (Å²) in [6.45, 7) is 1.14. The third-order valence-corrected chi connectivity index (χ3v) is 6.95. The molecule has 0 aliphatic carbocycles. The molecule has 0 saturated carbocycles. The summed E-state index contributed by atoms with van der Waals surface area (Å²) in [7, 11) is 0.0219. The molecule has 31 heavy (non-hydrogen) atoms. The second kappa shape index (κ2) is 8.75. The average Bonchev–Trinajstić information content (AvgIpc) is 3.10. The molecule has 4 aromatic rings. The third-order valence-electron chi connectivity index (χ3n) is 4.97. The summed E-state index contributed by atoms with van der Waals surface area (Å²) in [6, 6.07) is 23.1. The molecule has 160 valence electrons. The molecule has 0 spiro atoms. The van der Waals surface area contributed by atoms with E-state index in [0.717, 1.165) is 10.9 Å². The zero-order valence-corrected chi connectivity index (χ0v) is 18.9. The zero-order chi connectivity index (χ0) is 22.0. The Balaban J connectivity index is 2.01. The second-order valence-electron chi connectivity index (χ2n) is 7.44. The van der Waals surface area contributed by atoms with Gasteiger partial charge in [0.15, 0.2) is 5.75 Å². The van der Waals surface area contributed by atoms with E-state index in [1.807, 2.05) is 67.5 Å². The Bertz CT molecular complexity index is 1300. The first-order chi connectivity index (χ1) is 14.9. The molecular formula is C24H23ClN2O3S. The fourth-order valence-corrected chi connectivity index (χ4v) is 5.13. The van der Waals surface area contributed by atoms with Crippen LogP contribution in [0.4, 0.5) is 0 Å². The van der Waals surface area contributed by atoms with E-state index in [-0.39, 0.29) is 4.90 Å². The number of aromatic nitrogens is 1. The van der Waals surface area contributed by atoms with Crippen LogP contribution in [0.5, 0.6) is 5.75 Å². The Morgan fingerprint density at radius 1 is 0.903 bits per heavy atom. The fourth-order valence-electron chi connectivity index (χ4n) is 3.47. The van der Waals surface area contributed by atoms with Crippen LogP contribution in [0, 0.1) is 0 Å². The van der Waals surface area contributed by atoms with E-state index in [1.54, 1.807) is 18.2 Å². The lowest BCUT2D eigenvalue weighted by atomic mass is 10.1. The minimum absolute atomic E-state index is 0.162. The standard InChI is InChI=1S/C24H23ClN2O3S/c1-26(2)16-17-30-24-21-10-6-7-11-22(21)27(23(24)18-8-4-3-5-9-18)31(28,29)20-14-12-19(25)13-15-20/h3-15H,16-17H2,1-2H3. The van der Waals surface area contributed by atoms with Crippen LogP contribution in [-0.4, -0.2) is 44.5 Å². The summed E-state index contributed by atoms with van der Waals surface area (Å²) >= 11 is 5.99. The Morgan fingerprint density at radius 3 is 2.23 bits per heavy atom. The molecule has 0 saturated heterocycles. The van der Waals surface area contributed by atoms with Crippen molar-refractivity contribution in [1.29, 1.82) is 0 Å². The Labute approximate surface area is 187 Å². The molecule has 7 heteroatoms. The van der Waals surface area contributed by atoms with Crippen LogP contribution < -0.4 is 4.74 Å². The number of benzene rings is 3. The number of ether oxygens (including phenoxy) is 1. The van der Waals surface area contributed by atoms with Gasteiger partial charge < -0.3 is 9.64 Å². The van der Waals surface area contributed by atoms with E-state index >= 15 is 0 Å². The Kier molecular flexibility index (Phi) is 6.05. The van der Waals surface area contributed by atoms with E-state index in [4.69, 9.17) is 16.3 Å². The van der Waals surface area contributed by atoms with E-state index in [2.05, 4.69) is 0 Å². The van der Waals surface area contributed by atoms with Gasteiger partial charge in [0.25, 0.3) is 10.0 Å². The van der Waals surface area contributed by atoms with Gasteiger partial charge >= 0.3 is 0 Å². The summed E-state index contributed by atoms with van der Waals surface area (Å²) in [6.07, 6.45) is 0. The lowest BCUT2D eigenvalue weighted by Crippen LogP contribution is -2.19. The van der Waals surface area contributed by atoms with Gasteiger partial charge in [-0.1, -0.05) is 54.1 Å². The van der Waals surface area contributed by atoms with Crippen molar-refractivity contribution < 1.29 is 13.2 Å². The average molecular weight is 455 g/mol. The molecule has 0 unspecified atom stereocenters. The van der Waals surface area contributed by atoms with Crippen LogP contribution in [0.25, 0.3) is 22.2 Å². The Morgan fingerprint density at radius 2 is 1.55 bits per heavy atom. The summed E-state index contributed by atoms with van der Waals surface area (Å²) in [5, 5.41) is 1.23. The molecular weight excluding hydrogens is 432 g/mol. The minimum atomic E-state index is -3.91. The van der Waals surface area contributed by atoms with Gasteiger partial charge in [-0.2, -0.15) is 0 Å². The zero-order valence-electron chi connectivity index (χ0n) is 17.3. The molecule has 4 rings (SSSR count). The molecule has 0 radical (unpaired) electrons. The van der Waals surface area contributed by atoms with Crippen molar-refractivity contribution in [1.82, 2.24) is 8.87 Å². The summed E-state index contributed by atoms with van der Waals surface area (Å²) in [5.41, 5.74) is 1.84. The third kappa shape index (κ3) is 4.19. The molecule has 0 N–H and O–H groups in total. The highest BCUT2D eigenvalue weighted by atomic mass is 35.5. The van der Waals surface area contributed by atoms with Gasteiger partial charge in [0.1, 0.15) is 12.3 Å². The predicted octanol–water partition coefficient (Wildman–Crippen LogP) is 5.14. The number of hydrogen-bond acceptors (Lipinski definition) is 4. The first-order valence-electron chi connectivity index (χ1n) is 9.87. The maximum atomic E-state index is 13.8. The number of likely N-dealkylation sites (N-methyl/N-ethyl adjacent to an activating group) is 1. The normalized spacial score (nSPS) is 11.9. The topological polar surface area (TPSA) is 51.5 Å². The second-order valence-corrected chi connectivity index (χ2v) is 9.66. The van der Waals surface area contributed by atoms with Crippen molar-refractivity contribution in [3.05, 3.63) is 83.9 Å². The summed E-state index contributed by atoms with van der Waals surface area (Å²) in [5.74, 6) is 0.557. The van der Waals surface area contributed by atoms with Crippen molar-refractivity contribution in [2.45, 2.75) is 4.90 Å². The number of nitrogens with zero attached hydrogens (tertiary/aromatic N) is 2. The molecule has 3 aromatic carbocycles. The van der Waals surface area contributed by atoms with Crippen molar-refractivity contribution >= 4 is 32.5 Å². The number of rotatable bonds is 7. The molecule has 0 fully saturated rings. The van der Waals surface area contributed by atoms with Gasteiger partial charge in [-0.15, -0.1) is 0 Å². The fraction of sp³-hybridized carbons (Fsp3) is 0.167. The summed E-state index contributed by atoms with van der Waals surface area (Å²) < 4.78 is 35.2. The largest absolute Gasteiger partial charge is 0.489 e. The maximum absolute atomic E-state index is 13.8. The van der Waals surface area contributed by atoms with Crippen molar-refractivity contribution in [2.75, 3.05) is 27.2 Å². The van der Waals surface area contributed by atoms with Gasteiger partial charge in [-0.25, -0.2) is 12.4 Å². The molecule has 0 amide bonds. The quantitative estimate of drug-likeness (QED) is 0.388. The van der Waals surface area contributed by atoms with Crippen molar-refractivity contribution in [3.8, 4) is 17.0 Å². The van der Waals surface area contributed by atoms with Crippen molar-refractivity contribution in [3.63, 3.8) is 0 Å². The molecule has 1 aromatic heterocycles. The van der Waals surface area contributed by atoms with Gasteiger partial charge in [0, 0.05) is 22.5 Å². The summed E-state index contributed by atoms with van der Waals surface area (Å²) in [4.78, 5) is 2.18. The van der Waals surface area contributed by atoms with Crippen LogP contribution in [-0.2, 0) is 10.0 Å². The molecule has 5 nitrogen and oxygen atoms in total. The highest BCUT2D eigenvalue weighted by Gasteiger charge is 2.28. The Hall–Kier alpha value is -2.80. The first-order valence-corrected chi connectivity index (χ1v) is 11.7. The van der Waals surface area contributed by atoms with Gasteiger partial charge in [0.05, 0.1) is 10.4 Å². The van der Waals surface area contributed by atoms with E-state index in [1.165, 1.54) is 16.1 Å². The molecule has 1 heterocycles. The molecule has 0 atom stereocenters. The minimum Gasteiger partial charge on any atom is -0.489 e. The number of hydrogen-bond donors (Lipinski definition) is 0. The van der Waals surface area contributed by atoms with Crippen LogP contribution in [0.2, 0.25) is 5.02 Å². The van der Waals surface area contributed by atoms with Gasteiger partial charge in [-0.3, -0.25) is 0 Å². The van der Waals surface area contributed by atoms with Crippen LogP contribution in [0.3, 0.4) is 0 Å². The molecule has 0 bridgehead atoms. The number of halogens is 1. The van der Waals surface area contributed by atoms with Crippen LogP contribution in [0.15, 0.2) is 83.8 Å². The molecule has 0 aliphatic heterocycles. The highest BCUT2D eigenvalue weighted by molar-refractivity contribution is 7.90. The number of fused-ring (bicyclic) bond motifs is 1. The smallest absolute Gasteiger partial charge is 0.268 e. The van der Waals surface area contributed by atoms with E-state index in [9.17, 15) is 8.42 Å². The monoisotopic (exact) mass is 454 g/mol. The van der Waals surface area contributed by atoms with Crippen LogP contribution in [0.1, 0.15) is 0 Å². The highest BCUT2D eigenvalue weighted by Crippen LogP contribution is 2.42. The maximum Gasteiger partial charge on any atom is 0.268 e. The van der Waals surface area contributed by atoms with Crippen LogP contribution >= 0.6 is 11.6 Å². The van der Waals surface area contributed by atoms with E-state index in [0.29, 0.717) is 35.1 Å². The first kappa shape index (κ1) is 21.4. The predicted molar refractivity (Wildman–Crippen MR) is 125 cm³/mol. The molecule has 0 aliphatic rings. The van der Waals surface area contributed by atoms with E-state index < -0.39 is 10.0 Å². The lowest BCUT2D eigenvalue weighted by Gasteiger charge is -2.15. The van der Waals surface area contributed by atoms with Gasteiger partial charge in [0.2, 0.25) is 0 Å². The van der Waals surface area contributed by atoms with Gasteiger partial charge in [-0.05, 0) is 50.5 Å². The SMILES string of the molecule is CN(C)CCOc1c(-c2ccccc2)n(S(=O)(=O)c2ccc(Cl)cc2)c2ccccc12. The number of para-hydroxylation sites is 1. The lowest BCUT2D eigenvalue weighted by molar-refractivity contribution is 0.264.